The average molecular weight is 297 g/mol. The smallest absolute Gasteiger partial charge is 0.203 e. The molecule has 4 heteroatoms. The number of allylic oxidation sites excluding steroid dienone is 2. The molecule has 116 valence electrons. The maximum absolute atomic E-state index is 10.9. The van der Waals surface area contributed by atoms with Crippen molar-refractivity contribution in [3.8, 4) is 0 Å². The van der Waals surface area contributed by atoms with Gasteiger partial charge in [-0.15, -0.1) is 0 Å². The van der Waals surface area contributed by atoms with Crippen LogP contribution in [0.4, 0.5) is 0 Å². The highest BCUT2D eigenvalue weighted by molar-refractivity contribution is 5.40. The molecule has 0 amide bonds. The largest absolute Gasteiger partial charge is 0.523 e. The van der Waals surface area contributed by atoms with E-state index in [2.05, 4.69) is 18.0 Å². The molecule has 1 saturated carbocycles. The Bertz CT molecular complexity index is 702. The molecule has 0 bridgehead atoms. The zero-order valence-electron chi connectivity index (χ0n) is 13.4. The van der Waals surface area contributed by atoms with E-state index in [-0.39, 0.29) is 10.8 Å². The van der Waals surface area contributed by atoms with Gasteiger partial charge in [0.25, 0.3) is 0 Å². The van der Waals surface area contributed by atoms with Crippen LogP contribution in [0.2, 0.25) is 0 Å². The Labute approximate surface area is 131 Å². The number of nitrogens with zero attached hydrogens (tertiary/aromatic N) is 3. The number of aryl methyl sites for hydroxylation is 2. The molecular weight excluding hydrogens is 274 g/mol. The standard InChI is InChI=1S/C18H23N3O/c1-17-10-13(19-2)16(22)18(8-4-5-9-18)14(17)7-6-12-11-21(3)20-15(12)17/h11,14,22H,4-10H2,1,3H3/t14-,17+/m1/s1. The molecule has 0 unspecified atom stereocenters. The van der Waals surface area contributed by atoms with Crippen molar-refractivity contribution in [2.24, 2.45) is 18.4 Å². The molecule has 0 radical (unpaired) electrons. The van der Waals surface area contributed by atoms with Crippen LogP contribution < -0.4 is 0 Å². The Hall–Kier alpha value is -1.76. The highest BCUT2D eigenvalue weighted by Gasteiger charge is 2.59. The summed E-state index contributed by atoms with van der Waals surface area (Å²) in [5.41, 5.74) is 2.82. The molecule has 0 saturated heterocycles. The summed E-state index contributed by atoms with van der Waals surface area (Å²) in [6, 6.07) is 0. The first-order valence-electron chi connectivity index (χ1n) is 8.34. The van der Waals surface area contributed by atoms with E-state index in [0.29, 0.717) is 23.8 Å². The highest BCUT2D eigenvalue weighted by Crippen LogP contribution is 2.63. The summed E-state index contributed by atoms with van der Waals surface area (Å²) in [5.74, 6) is 0.831. The lowest BCUT2D eigenvalue weighted by Gasteiger charge is -2.53. The molecule has 4 rings (SSSR count). The van der Waals surface area contributed by atoms with Crippen molar-refractivity contribution >= 4 is 0 Å². The summed E-state index contributed by atoms with van der Waals surface area (Å²) in [4.78, 5) is 3.71. The zero-order chi connectivity index (χ0) is 15.5. The topological polar surface area (TPSA) is 42.4 Å². The Balaban J connectivity index is 1.93. The van der Waals surface area contributed by atoms with E-state index >= 15 is 0 Å². The van der Waals surface area contributed by atoms with Crippen LogP contribution in [0.3, 0.4) is 0 Å². The van der Waals surface area contributed by atoms with Gasteiger partial charge in [0.05, 0.1) is 12.3 Å². The van der Waals surface area contributed by atoms with E-state index < -0.39 is 0 Å². The van der Waals surface area contributed by atoms with Gasteiger partial charge < -0.3 is 5.11 Å². The lowest BCUT2D eigenvalue weighted by molar-refractivity contribution is 0.0390. The number of rotatable bonds is 0. The third kappa shape index (κ3) is 1.54. The monoisotopic (exact) mass is 297 g/mol. The van der Waals surface area contributed by atoms with E-state index in [1.54, 1.807) is 0 Å². The number of hydrogen-bond acceptors (Lipinski definition) is 2. The minimum absolute atomic E-state index is 0.106. The van der Waals surface area contributed by atoms with Crippen LogP contribution in [0.5, 0.6) is 0 Å². The fourth-order valence-corrected chi connectivity index (χ4v) is 5.65. The van der Waals surface area contributed by atoms with Gasteiger partial charge in [0, 0.05) is 24.1 Å². The van der Waals surface area contributed by atoms with E-state index in [9.17, 15) is 5.11 Å². The molecule has 1 aromatic rings. The first-order chi connectivity index (χ1) is 10.5. The summed E-state index contributed by atoms with van der Waals surface area (Å²) in [6.07, 6.45) is 9.30. The van der Waals surface area contributed by atoms with Crippen molar-refractivity contribution in [2.45, 2.75) is 57.3 Å². The lowest BCUT2D eigenvalue weighted by Crippen LogP contribution is -2.50. The molecule has 3 aliphatic carbocycles. The van der Waals surface area contributed by atoms with Crippen LogP contribution in [0, 0.1) is 17.9 Å². The zero-order valence-corrected chi connectivity index (χ0v) is 13.4. The maximum atomic E-state index is 10.9. The van der Waals surface area contributed by atoms with Gasteiger partial charge in [-0.1, -0.05) is 19.8 Å². The minimum atomic E-state index is -0.165. The molecule has 1 N–H and O–H groups in total. The maximum Gasteiger partial charge on any atom is 0.203 e. The van der Waals surface area contributed by atoms with Crippen molar-refractivity contribution in [3.05, 3.63) is 40.3 Å². The van der Waals surface area contributed by atoms with Crippen LogP contribution in [0.25, 0.3) is 4.85 Å². The van der Waals surface area contributed by atoms with Crippen molar-refractivity contribution in [1.29, 1.82) is 0 Å². The van der Waals surface area contributed by atoms with Crippen molar-refractivity contribution in [1.82, 2.24) is 9.78 Å². The highest BCUT2D eigenvalue weighted by atomic mass is 16.3. The molecule has 1 fully saturated rings. The minimum Gasteiger partial charge on any atom is -0.523 e. The summed E-state index contributed by atoms with van der Waals surface area (Å²) in [6.45, 7) is 9.82. The van der Waals surface area contributed by atoms with Gasteiger partial charge in [0.15, 0.2) is 0 Å². The van der Waals surface area contributed by atoms with Crippen LogP contribution in [0.15, 0.2) is 17.7 Å². The lowest BCUT2D eigenvalue weighted by atomic mass is 9.51. The molecule has 1 spiro atoms. The predicted molar refractivity (Wildman–Crippen MR) is 84.1 cm³/mol. The molecule has 0 aliphatic heterocycles. The third-order valence-electron chi connectivity index (χ3n) is 6.49. The van der Waals surface area contributed by atoms with E-state index in [4.69, 9.17) is 11.7 Å². The second kappa shape index (κ2) is 4.38. The average Bonchev–Trinajstić information content (AvgIpc) is 3.11. The molecule has 2 atom stereocenters. The summed E-state index contributed by atoms with van der Waals surface area (Å²) < 4.78 is 1.91. The Morgan fingerprint density at radius 1 is 1.41 bits per heavy atom. The van der Waals surface area contributed by atoms with Crippen molar-refractivity contribution in [3.63, 3.8) is 0 Å². The summed E-state index contributed by atoms with van der Waals surface area (Å²) in [5, 5.41) is 15.6. The SMILES string of the molecule is [C-]#[N+]C1=C(O)C2(CCCC2)[C@@H]2CCc3cn(C)nc3[C@@]2(C)C1. The van der Waals surface area contributed by atoms with Gasteiger partial charge in [-0.2, -0.15) is 5.10 Å². The van der Waals surface area contributed by atoms with Crippen LogP contribution >= 0.6 is 0 Å². The van der Waals surface area contributed by atoms with Gasteiger partial charge >= 0.3 is 0 Å². The van der Waals surface area contributed by atoms with Crippen LogP contribution in [-0.2, 0) is 18.9 Å². The summed E-state index contributed by atoms with van der Waals surface area (Å²) >= 11 is 0. The van der Waals surface area contributed by atoms with Gasteiger partial charge in [-0.25, -0.2) is 4.85 Å². The van der Waals surface area contributed by atoms with Crippen LogP contribution in [-0.4, -0.2) is 14.9 Å². The Morgan fingerprint density at radius 2 is 2.14 bits per heavy atom. The second-order valence-corrected chi connectivity index (χ2v) is 7.63. The summed E-state index contributed by atoms with van der Waals surface area (Å²) in [7, 11) is 1.98. The molecule has 22 heavy (non-hydrogen) atoms. The van der Waals surface area contributed by atoms with E-state index in [0.717, 1.165) is 38.5 Å². The predicted octanol–water partition coefficient (Wildman–Crippen LogP) is 3.89. The molecule has 0 aromatic carbocycles. The van der Waals surface area contributed by atoms with Crippen molar-refractivity contribution < 1.29 is 5.11 Å². The normalized spacial score (nSPS) is 32.7. The van der Waals surface area contributed by atoms with Gasteiger partial charge in [-0.05, 0) is 43.6 Å². The van der Waals surface area contributed by atoms with Crippen molar-refractivity contribution in [2.75, 3.05) is 0 Å². The number of aliphatic hydroxyl groups excluding tert-OH is 1. The van der Waals surface area contributed by atoms with E-state index in [1.807, 2.05) is 11.7 Å². The molecule has 1 heterocycles. The van der Waals surface area contributed by atoms with Gasteiger partial charge in [0.1, 0.15) is 5.76 Å². The third-order valence-corrected chi connectivity index (χ3v) is 6.49. The quantitative estimate of drug-likeness (QED) is 0.738. The number of aliphatic hydroxyl groups is 1. The molecule has 3 aliphatic rings. The fraction of sp³-hybridized carbons (Fsp3) is 0.667. The molecule has 4 nitrogen and oxygen atoms in total. The number of hydrogen-bond donors (Lipinski definition) is 1. The fourth-order valence-electron chi connectivity index (χ4n) is 5.65. The van der Waals surface area contributed by atoms with Gasteiger partial charge in [-0.3, -0.25) is 4.68 Å². The number of fused-ring (bicyclic) bond motifs is 4. The Morgan fingerprint density at radius 3 is 2.82 bits per heavy atom. The number of aromatic nitrogens is 2. The van der Waals surface area contributed by atoms with Gasteiger partial charge in [0.2, 0.25) is 5.70 Å². The second-order valence-electron chi connectivity index (χ2n) is 7.63. The first kappa shape index (κ1) is 13.9. The molecule has 1 aromatic heterocycles. The van der Waals surface area contributed by atoms with E-state index in [1.165, 1.54) is 11.3 Å². The molecular formula is C18H23N3O. The first-order valence-corrected chi connectivity index (χ1v) is 8.34. The Kier molecular flexibility index (Phi) is 2.76. The van der Waals surface area contributed by atoms with Crippen LogP contribution in [0.1, 0.15) is 56.7 Å².